The Labute approximate surface area is 576 Å². The number of unbranched alkanes of at least 4 members (excludes halogenated alkanes) is 14. The van der Waals surface area contributed by atoms with Crippen LogP contribution in [0.15, 0.2) is 219 Å². The van der Waals surface area contributed by atoms with E-state index in [2.05, 4.69) is 233 Å². The van der Waals surface area contributed by atoms with Crippen LogP contribution in [0, 0.1) is 0 Å². The van der Waals surface area contributed by atoms with E-state index < -0.39 is 32.5 Å². The highest BCUT2D eigenvalue weighted by Crippen LogP contribution is 2.43. The van der Waals surface area contributed by atoms with Crippen LogP contribution in [0.2, 0.25) is 0 Å². The van der Waals surface area contributed by atoms with Crippen LogP contribution in [-0.2, 0) is 32.7 Å². The number of phosphoric ester groups is 1. The average molecular weight is 1320 g/mol. The van der Waals surface area contributed by atoms with Gasteiger partial charge in [-0.05, 0) is 154 Å². The summed E-state index contributed by atoms with van der Waals surface area (Å²) in [5.74, 6) is -0.840. The second-order valence-corrected chi connectivity index (χ2v) is 26.0. The number of hydrogen-bond donors (Lipinski definition) is 1. The van der Waals surface area contributed by atoms with Crippen molar-refractivity contribution in [1.82, 2.24) is 0 Å². The zero-order chi connectivity index (χ0) is 68.3. The lowest BCUT2D eigenvalue weighted by atomic mass is 10.1. The fourth-order valence-corrected chi connectivity index (χ4v) is 9.74. The minimum absolute atomic E-state index is 0.0148. The van der Waals surface area contributed by atoms with Crippen LogP contribution in [-0.4, -0.2) is 74.9 Å². The van der Waals surface area contributed by atoms with E-state index in [1.165, 1.54) is 32.1 Å². The van der Waals surface area contributed by atoms with E-state index in [1.807, 2.05) is 21.1 Å². The molecule has 0 fully saturated rings. The molecule has 0 aromatic rings. The number of carbonyl (C=O) groups excluding carboxylic acids is 2. The Morgan fingerprint density at radius 1 is 0.330 bits per heavy atom. The molecule has 0 radical (unpaired) electrons. The molecular weight excluding hydrogens is 1180 g/mol. The SMILES string of the molecule is CC/C=C\C/C=C\C/C=C\C/C=C\C/C=C\C/C=C\C/C=C\C/C=C\C/C=C\CCCCCCCCCC(=O)OCC(COP(=O)(O)OCC[N+](C)(C)C)OC(=O)CCCCCCCCC/C=C\C/C=C\C/C=C\C/C=C\C/C=C\C/C=C\C/C=C\C/C=C\C/C=C\CC. The van der Waals surface area contributed by atoms with E-state index in [0.717, 1.165) is 173 Å². The van der Waals surface area contributed by atoms with Crippen molar-refractivity contribution < 1.29 is 42.1 Å². The van der Waals surface area contributed by atoms with Gasteiger partial charge in [0, 0.05) is 12.8 Å². The topological polar surface area (TPSA) is 108 Å². The second-order valence-electron chi connectivity index (χ2n) is 24.5. The smallest absolute Gasteiger partial charge is 0.462 e. The number of likely N-dealkylation sites (N-methyl/N-ethyl adjacent to an activating group) is 1. The van der Waals surface area contributed by atoms with Crippen molar-refractivity contribution >= 4 is 19.8 Å². The largest absolute Gasteiger partial charge is 0.472 e. The maximum Gasteiger partial charge on any atom is 0.472 e. The maximum absolute atomic E-state index is 12.9. The summed E-state index contributed by atoms with van der Waals surface area (Å²) in [6.07, 6.45) is 115. The van der Waals surface area contributed by atoms with Crippen molar-refractivity contribution in [3.05, 3.63) is 219 Å². The van der Waals surface area contributed by atoms with Gasteiger partial charge in [-0.25, -0.2) is 4.57 Å². The number of hydrogen-bond acceptors (Lipinski definition) is 7. The summed E-state index contributed by atoms with van der Waals surface area (Å²) in [5, 5.41) is 0. The molecule has 2 atom stereocenters. The highest BCUT2D eigenvalue weighted by atomic mass is 31.2. The lowest BCUT2D eigenvalue weighted by molar-refractivity contribution is -0.870. The normalized spacial score (nSPS) is 14.4. The van der Waals surface area contributed by atoms with Gasteiger partial charge in [0.1, 0.15) is 19.8 Å². The van der Waals surface area contributed by atoms with Gasteiger partial charge in [0.05, 0.1) is 27.7 Å². The Balaban J connectivity index is 4.20. The highest BCUT2D eigenvalue weighted by molar-refractivity contribution is 7.47. The van der Waals surface area contributed by atoms with E-state index in [1.54, 1.807) is 0 Å². The molecule has 0 saturated heterocycles. The molecule has 0 bridgehead atoms. The van der Waals surface area contributed by atoms with Gasteiger partial charge in [0.2, 0.25) is 0 Å². The third-order valence-corrected chi connectivity index (χ3v) is 15.5. The molecule has 0 aromatic heterocycles. The van der Waals surface area contributed by atoms with Gasteiger partial charge in [-0.2, -0.15) is 0 Å². The van der Waals surface area contributed by atoms with Crippen LogP contribution >= 0.6 is 7.82 Å². The number of rotatable bonds is 64. The lowest BCUT2D eigenvalue weighted by Crippen LogP contribution is -2.37. The third kappa shape index (κ3) is 75.4. The van der Waals surface area contributed by atoms with Gasteiger partial charge in [-0.15, -0.1) is 0 Å². The van der Waals surface area contributed by atoms with Crippen molar-refractivity contribution in [2.45, 2.75) is 251 Å². The van der Waals surface area contributed by atoms with Crippen molar-refractivity contribution in [3.63, 3.8) is 0 Å². The van der Waals surface area contributed by atoms with Crippen LogP contribution in [0.25, 0.3) is 0 Å². The van der Waals surface area contributed by atoms with Crippen molar-refractivity contribution in [2.75, 3.05) is 47.5 Å². The van der Waals surface area contributed by atoms with E-state index in [-0.39, 0.29) is 26.1 Å². The molecule has 9 nitrogen and oxygen atoms in total. The summed E-state index contributed by atoms with van der Waals surface area (Å²) in [6, 6.07) is 0. The molecule has 94 heavy (non-hydrogen) atoms. The number of allylic oxidation sites excluding steroid dienone is 36. The molecule has 0 aliphatic carbocycles. The summed E-state index contributed by atoms with van der Waals surface area (Å²) in [6.45, 7) is 4.15. The molecule has 0 aliphatic heterocycles. The number of phosphoric acid groups is 1. The predicted octanol–water partition coefficient (Wildman–Crippen LogP) is 24.4. The number of esters is 2. The first-order valence-corrected chi connectivity index (χ1v) is 38.0. The lowest BCUT2D eigenvalue weighted by Gasteiger charge is -2.24. The minimum Gasteiger partial charge on any atom is -0.462 e. The number of carbonyl (C=O) groups is 2. The molecule has 0 heterocycles. The molecule has 526 valence electrons. The van der Waals surface area contributed by atoms with E-state index >= 15 is 0 Å². The van der Waals surface area contributed by atoms with E-state index in [4.69, 9.17) is 18.5 Å². The van der Waals surface area contributed by atoms with Crippen molar-refractivity contribution in [2.24, 2.45) is 0 Å². The van der Waals surface area contributed by atoms with Gasteiger partial charge in [-0.1, -0.05) is 297 Å². The van der Waals surface area contributed by atoms with Crippen LogP contribution in [0.5, 0.6) is 0 Å². The molecule has 0 aliphatic rings. The molecule has 0 amide bonds. The molecule has 2 unspecified atom stereocenters. The van der Waals surface area contributed by atoms with Crippen LogP contribution in [0.3, 0.4) is 0 Å². The number of nitrogens with zero attached hydrogens (tertiary/aromatic N) is 1. The van der Waals surface area contributed by atoms with Gasteiger partial charge in [0.25, 0.3) is 0 Å². The Morgan fingerprint density at radius 3 is 0.851 bits per heavy atom. The number of quaternary nitrogens is 1. The summed E-state index contributed by atoms with van der Waals surface area (Å²) in [7, 11) is 1.43. The Hall–Kier alpha value is -5.67. The van der Waals surface area contributed by atoms with Gasteiger partial charge >= 0.3 is 19.8 Å². The third-order valence-electron chi connectivity index (χ3n) is 14.5. The Kier molecular flexibility index (Phi) is 67.3. The fraction of sp³-hybridized carbons (Fsp3) is 0.548. The number of ether oxygens (including phenoxy) is 2. The molecule has 10 heteroatoms. The first kappa shape index (κ1) is 88.3. The maximum atomic E-state index is 12.9. The van der Waals surface area contributed by atoms with Crippen molar-refractivity contribution in [1.29, 1.82) is 0 Å². The molecule has 0 rings (SSSR count). The minimum atomic E-state index is -4.42. The standard InChI is InChI=1S/C84H132NO8P/c1-6-8-10-12-14-16-18-20-22-24-26-28-30-32-34-36-38-40-42-44-46-48-50-52-54-56-58-60-62-64-66-68-70-72-74-76-83(86)90-80-82(81-92-94(88,89)91-79-78-85(3,4)5)93-84(87)77-75-73-71-69-67-65-63-61-59-57-55-53-51-49-47-45-43-41-39-37-35-33-31-29-27-25-23-21-19-17-15-13-11-9-7-2/h8-11,14-17,20-23,26-29,32-35,38-41,44-47,50-53,56-59,82H,6-7,12-13,18-19,24-25,30-31,36-37,42-43,48-49,54-55,60-81H2,1-5H3/p+1/b10-8-,11-9-,16-14-,17-15-,22-20-,23-21-,28-26-,29-27-,34-32-,35-33-,40-38-,41-39-,46-44-,47-45-,52-50-,53-51-,58-56-,59-57-. The molecule has 0 saturated carbocycles. The highest BCUT2D eigenvalue weighted by Gasteiger charge is 2.27. The predicted molar refractivity (Wildman–Crippen MR) is 408 cm³/mol. The fourth-order valence-electron chi connectivity index (χ4n) is 9.00. The first-order valence-electron chi connectivity index (χ1n) is 36.5. The van der Waals surface area contributed by atoms with Crippen LogP contribution < -0.4 is 0 Å². The summed E-state index contributed by atoms with van der Waals surface area (Å²) < 4.78 is 34.7. The molecule has 0 spiro atoms. The van der Waals surface area contributed by atoms with Gasteiger partial charge in [0.15, 0.2) is 6.10 Å². The Morgan fingerprint density at radius 2 is 0.574 bits per heavy atom. The summed E-state index contributed by atoms with van der Waals surface area (Å²) >= 11 is 0. The first-order chi connectivity index (χ1) is 46.0. The summed E-state index contributed by atoms with van der Waals surface area (Å²) in [4.78, 5) is 35.9. The van der Waals surface area contributed by atoms with Crippen molar-refractivity contribution in [3.8, 4) is 0 Å². The second kappa shape index (κ2) is 71.6. The zero-order valence-electron chi connectivity index (χ0n) is 59.8. The van der Waals surface area contributed by atoms with Crippen LogP contribution in [0.4, 0.5) is 0 Å². The molecular formula is C84H133NO8P+. The monoisotopic (exact) mass is 1310 g/mol. The summed E-state index contributed by atoms with van der Waals surface area (Å²) in [5.41, 5.74) is 0. The van der Waals surface area contributed by atoms with Gasteiger partial charge < -0.3 is 18.9 Å². The Bertz CT molecular complexity index is 2390. The quantitative estimate of drug-likeness (QED) is 0.0211. The molecule has 1 N–H and O–H groups in total. The average Bonchev–Trinajstić information content (AvgIpc) is 2.35. The van der Waals surface area contributed by atoms with Crippen LogP contribution in [0.1, 0.15) is 245 Å². The van der Waals surface area contributed by atoms with E-state index in [0.29, 0.717) is 23.9 Å². The van der Waals surface area contributed by atoms with E-state index in [9.17, 15) is 19.0 Å². The zero-order valence-corrected chi connectivity index (χ0v) is 60.7. The molecule has 0 aromatic carbocycles. The van der Waals surface area contributed by atoms with Gasteiger partial charge in [-0.3, -0.25) is 18.6 Å².